The number of nitrogens with zero attached hydrogens (tertiary/aromatic N) is 3. The number of urea groups is 1. The van der Waals surface area contributed by atoms with E-state index in [0.717, 1.165) is 6.07 Å². The summed E-state index contributed by atoms with van der Waals surface area (Å²) in [4.78, 5) is 23.8. The van der Waals surface area contributed by atoms with E-state index in [2.05, 4.69) is 20.2 Å². The molecule has 2 heterocycles. The summed E-state index contributed by atoms with van der Waals surface area (Å²) in [5.74, 6) is -0.394. The zero-order chi connectivity index (χ0) is 21.7. The lowest BCUT2D eigenvalue weighted by Gasteiger charge is -2.12. The lowest BCUT2D eigenvalue weighted by atomic mass is 10.3. The summed E-state index contributed by atoms with van der Waals surface area (Å²) in [7, 11) is -3.95. The number of rotatable bonds is 9. The van der Waals surface area contributed by atoms with Crippen molar-refractivity contribution in [2.75, 3.05) is 13.2 Å². The van der Waals surface area contributed by atoms with Gasteiger partial charge < -0.3 is 9.64 Å². The van der Waals surface area contributed by atoms with Crippen LogP contribution in [0.3, 0.4) is 0 Å². The first-order valence-electron chi connectivity index (χ1n) is 8.64. The van der Waals surface area contributed by atoms with Crippen molar-refractivity contribution in [1.82, 2.24) is 25.1 Å². The molecule has 3 rings (SSSR count). The Morgan fingerprint density at radius 1 is 1.17 bits per heavy atom. The standard InChI is InChI=1S/C17H17F2N5O5S/c18-15(19)10-29-13-2-1-3-14(6-13)30(27,28)20-7-11-4-5-12(23-22-11)8-24-9-16(25)21-17(24)26/h1-6,15,20H,7-10H2,(H,21,25,26). The Bertz CT molecular complexity index is 1030. The molecule has 0 bridgehead atoms. The van der Waals surface area contributed by atoms with Crippen molar-refractivity contribution in [3.63, 3.8) is 0 Å². The van der Waals surface area contributed by atoms with E-state index in [9.17, 15) is 26.8 Å². The van der Waals surface area contributed by atoms with Crippen LogP contribution in [-0.2, 0) is 27.9 Å². The largest absolute Gasteiger partial charge is 0.488 e. The van der Waals surface area contributed by atoms with E-state index in [1.165, 1.54) is 29.2 Å². The maximum Gasteiger partial charge on any atom is 0.324 e. The van der Waals surface area contributed by atoms with Crippen LogP contribution in [-0.4, -0.2) is 55.0 Å². The zero-order valence-electron chi connectivity index (χ0n) is 15.4. The minimum absolute atomic E-state index is 0.00625. The monoisotopic (exact) mass is 441 g/mol. The number of sulfonamides is 1. The van der Waals surface area contributed by atoms with E-state index in [1.807, 2.05) is 0 Å². The van der Waals surface area contributed by atoms with Gasteiger partial charge in [-0.15, -0.1) is 0 Å². The first kappa shape index (κ1) is 21.5. The summed E-state index contributed by atoms with van der Waals surface area (Å²) in [6.07, 6.45) is -2.68. The van der Waals surface area contributed by atoms with Gasteiger partial charge in [0.15, 0.2) is 0 Å². The maximum absolute atomic E-state index is 12.4. The molecule has 0 aliphatic carbocycles. The molecule has 160 valence electrons. The quantitative estimate of drug-likeness (QED) is 0.547. The highest BCUT2D eigenvalue weighted by atomic mass is 32.2. The molecule has 2 aromatic rings. The molecule has 13 heteroatoms. The average Bonchev–Trinajstić information content (AvgIpc) is 3.03. The number of alkyl halides is 2. The van der Waals surface area contributed by atoms with Gasteiger partial charge in [-0.1, -0.05) is 6.07 Å². The van der Waals surface area contributed by atoms with Crippen molar-refractivity contribution >= 4 is 22.0 Å². The third kappa shape index (κ3) is 5.67. The number of imide groups is 1. The van der Waals surface area contributed by atoms with Crippen LogP contribution in [0.1, 0.15) is 11.4 Å². The first-order chi connectivity index (χ1) is 14.2. The summed E-state index contributed by atoms with van der Waals surface area (Å²) in [6.45, 7) is -0.989. The predicted molar refractivity (Wildman–Crippen MR) is 97.9 cm³/mol. The number of aromatic nitrogens is 2. The Morgan fingerprint density at radius 2 is 1.90 bits per heavy atom. The normalized spacial score (nSPS) is 14.3. The van der Waals surface area contributed by atoms with Crippen molar-refractivity contribution in [1.29, 1.82) is 0 Å². The third-order valence-corrected chi connectivity index (χ3v) is 5.33. The molecule has 1 aliphatic heterocycles. The highest BCUT2D eigenvalue weighted by Crippen LogP contribution is 2.18. The summed E-state index contributed by atoms with van der Waals surface area (Å²) in [5.41, 5.74) is 0.740. The first-order valence-corrected chi connectivity index (χ1v) is 10.1. The molecule has 1 aliphatic rings. The Balaban J connectivity index is 1.58. The van der Waals surface area contributed by atoms with Crippen LogP contribution >= 0.6 is 0 Å². The van der Waals surface area contributed by atoms with Gasteiger partial charge >= 0.3 is 6.03 Å². The summed E-state index contributed by atoms with van der Waals surface area (Å²) < 4.78 is 56.5. The molecule has 1 aromatic carbocycles. The second kappa shape index (κ2) is 9.09. The van der Waals surface area contributed by atoms with Gasteiger partial charge in [0.2, 0.25) is 15.9 Å². The van der Waals surface area contributed by atoms with Crippen LogP contribution in [0.15, 0.2) is 41.3 Å². The average molecular weight is 441 g/mol. The maximum atomic E-state index is 12.4. The van der Waals surface area contributed by atoms with E-state index in [1.54, 1.807) is 6.07 Å². The van der Waals surface area contributed by atoms with Gasteiger partial charge in [-0.05, 0) is 24.3 Å². The van der Waals surface area contributed by atoms with Crippen LogP contribution in [0.25, 0.3) is 0 Å². The minimum atomic E-state index is -3.95. The number of ether oxygens (including phenoxy) is 1. The van der Waals surface area contributed by atoms with Gasteiger partial charge in [-0.25, -0.2) is 26.7 Å². The fraction of sp³-hybridized carbons (Fsp3) is 0.294. The van der Waals surface area contributed by atoms with Crippen LogP contribution < -0.4 is 14.8 Å². The van der Waals surface area contributed by atoms with Crippen molar-refractivity contribution in [3.8, 4) is 5.75 Å². The molecule has 0 unspecified atom stereocenters. The van der Waals surface area contributed by atoms with Crippen molar-refractivity contribution in [2.45, 2.75) is 24.4 Å². The van der Waals surface area contributed by atoms with Gasteiger partial charge in [0, 0.05) is 6.07 Å². The number of nitrogens with one attached hydrogen (secondary N) is 2. The SMILES string of the molecule is O=C1CN(Cc2ccc(CNS(=O)(=O)c3cccc(OCC(F)F)c3)nn2)C(=O)N1. The van der Waals surface area contributed by atoms with Gasteiger partial charge in [-0.2, -0.15) is 10.2 Å². The van der Waals surface area contributed by atoms with Crippen LogP contribution in [0, 0.1) is 0 Å². The molecule has 1 aromatic heterocycles. The molecule has 0 spiro atoms. The highest BCUT2D eigenvalue weighted by molar-refractivity contribution is 7.89. The molecular weight excluding hydrogens is 424 g/mol. The molecular formula is C17H17F2N5O5S. The van der Waals surface area contributed by atoms with E-state index >= 15 is 0 Å². The Hall–Kier alpha value is -3.19. The number of hydrogen-bond acceptors (Lipinski definition) is 7. The van der Waals surface area contributed by atoms with Gasteiger partial charge in [0.25, 0.3) is 6.43 Å². The number of hydrogen-bond donors (Lipinski definition) is 2. The number of carbonyl (C=O) groups excluding carboxylic acids is 2. The second-order valence-electron chi connectivity index (χ2n) is 6.23. The minimum Gasteiger partial charge on any atom is -0.488 e. The van der Waals surface area contributed by atoms with Gasteiger partial charge in [-0.3, -0.25) is 10.1 Å². The number of halogens is 2. The van der Waals surface area contributed by atoms with Crippen LogP contribution in [0.2, 0.25) is 0 Å². The van der Waals surface area contributed by atoms with Crippen LogP contribution in [0.5, 0.6) is 5.75 Å². The highest BCUT2D eigenvalue weighted by Gasteiger charge is 2.26. The molecule has 1 saturated heterocycles. The zero-order valence-corrected chi connectivity index (χ0v) is 16.2. The Morgan fingerprint density at radius 3 is 2.53 bits per heavy atom. The third-order valence-electron chi connectivity index (χ3n) is 3.93. The molecule has 2 N–H and O–H groups in total. The van der Waals surface area contributed by atoms with E-state index in [4.69, 9.17) is 4.74 Å². The van der Waals surface area contributed by atoms with E-state index in [-0.39, 0.29) is 30.3 Å². The molecule has 0 atom stereocenters. The van der Waals surface area contributed by atoms with Crippen LogP contribution in [0.4, 0.5) is 13.6 Å². The second-order valence-corrected chi connectivity index (χ2v) is 7.99. The summed E-state index contributed by atoms with van der Waals surface area (Å²) in [6, 6.07) is 7.77. The lowest BCUT2D eigenvalue weighted by molar-refractivity contribution is -0.118. The summed E-state index contributed by atoms with van der Waals surface area (Å²) in [5, 5.41) is 9.97. The fourth-order valence-corrected chi connectivity index (χ4v) is 3.55. The fourth-order valence-electron chi connectivity index (χ4n) is 2.52. The Labute approximate surface area is 170 Å². The molecule has 30 heavy (non-hydrogen) atoms. The molecule has 1 fully saturated rings. The number of carbonyl (C=O) groups is 2. The van der Waals surface area contributed by atoms with Gasteiger partial charge in [0.1, 0.15) is 18.9 Å². The number of amides is 3. The molecule has 0 saturated carbocycles. The van der Waals surface area contributed by atoms with Crippen molar-refractivity contribution in [3.05, 3.63) is 47.8 Å². The van der Waals surface area contributed by atoms with E-state index < -0.39 is 35.0 Å². The lowest BCUT2D eigenvalue weighted by Crippen LogP contribution is -2.28. The smallest absolute Gasteiger partial charge is 0.324 e. The molecule has 0 radical (unpaired) electrons. The topological polar surface area (TPSA) is 131 Å². The Kier molecular flexibility index (Phi) is 6.52. The van der Waals surface area contributed by atoms with Gasteiger partial charge in [0.05, 0.1) is 29.4 Å². The van der Waals surface area contributed by atoms with E-state index in [0.29, 0.717) is 11.4 Å². The van der Waals surface area contributed by atoms with Crippen molar-refractivity contribution in [2.24, 2.45) is 0 Å². The summed E-state index contributed by atoms with van der Waals surface area (Å²) >= 11 is 0. The van der Waals surface area contributed by atoms with Crippen molar-refractivity contribution < 1.29 is 31.5 Å². The molecule has 10 nitrogen and oxygen atoms in total. The number of benzene rings is 1. The predicted octanol–water partition coefficient (Wildman–Crippen LogP) is 0.651. The molecule has 3 amide bonds.